The zero-order valence-corrected chi connectivity index (χ0v) is 21.3. The molecular formula is C24H25F2N7O3S. The fraction of sp³-hybridized carbons (Fsp3) is 0.292. The summed E-state index contributed by atoms with van der Waals surface area (Å²) in [7, 11) is 1.67. The van der Waals surface area contributed by atoms with Gasteiger partial charge >= 0.3 is 6.03 Å². The van der Waals surface area contributed by atoms with Crippen LogP contribution >= 0.6 is 11.3 Å². The lowest BCUT2D eigenvalue weighted by molar-refractivity contribution is 0.262. The fourth-order valence-corrected chi connectivity index (χ4v) is 4.40. The third kappa shape index (κ3) is 5.42. The van der Waals surface area contributed by atoms with E-state index in [1.807, 2.05) is 20.8 Å². The van der Waals surface area contributed by atoms with Gasteiger partial charge in [-0.1, -0.05) is 32.1 Å². The Hall–Kier alpha value is -3.97. The van der Waals surface area contributed by atoms with Gasteiger partial charge in [-0.2, -0.15) is 0 Å². The highest BCUT2D eigenvalue weighted by molar-refractivity contribution is 7.15. The number of benzene rings is 1. The lowest BCUT2D eigenvalue weighted by atomic mass is 9.98. The standard InChI is InChI=1S/C24H25F2N7O3S/c1-24(2,3)21-31-32-23(37-21)30-22(36)29-17-8-13(15(25)9-16(17)26)14-7-12-11-28-19(27-4)10-18(12)33(5-6-34)20(14)35/h7-11,34H,5-6H2,1-4H3,(H,27,28)(H2,29,30,32,36). The van der Waals surface area contributed by atoms with Gasteiger partial charge < -0.3 is 20.3 Å². The SMILES string of the molecule is CNc1cc2c(cn1)cc(-c1cc(NC(=O)Nc3nnc(C(C)(C)C)s3)c(F)cc1F)c(=O)n2CCO. The molecule has 0 radical (unpaired) electrons. The first kappa shape index (κ1) is 26.1. The number of carbonyl (C=O) groups is 1. The van der Waals surface area contributed by atoms with E-state index in [2.05, 4.69) is 31.1 Å². The highest BCUT2D eigenvalue weighted by atomic mass is 32.1. The van der Waals surface area contributed by atoms with Gasteiger partial charge in [-0.3, -0.25) is 10.1 Å². The number of aliphatic hydroxyl groups excluding tert-OH is 1. The number of fused-ring (bicyclic) bond motifs is 1. The van der Waals surface area contributed by atoms with Crippen LogP contribution in [0.4, 0.5) is 30.2 Å². The largest absolute Gasteiger partial charge is 0.395 e. The number of pyridine rings is 2. The first-order valence-corrected chi connectivity index (χ1v) is 12.1. The van der Waals surface area contributed by atoms with E-state index in [0.717, 1.165) is 6.07 Å². The highest BCUT2D eigenvalue weighted by Gasteiger charge is 2.21. The van der Waals surface area contributed by atoms with Crippen LogP contribution in [0.25, 0.3) is 22.0 Å². The van der Waals surface area contributed by atoms with Gasteiger partial charge in [-0.25, -0.2) is 18.6 Å². The zero-order chi connectivity index (χ0) is 26.9. The Bertz CT molecular complexity index is 1550. The smallest absolute Gasteiger partial charge is 0.325 e. The number of anilines is 3. The first-order chi connectivity index (χ1) is 17.5. The van der Waals surface area contributed by atoms with E-state index >= 15 is 0 Å². The van der Waals surface area contributed by atoms with Gasteiger partial charge in [0, 0.05) is 48.3 Å². The second kappa shape index (κ2) is 10.2. The molecule has 3 aromatic heterocycles. The van der Waals surface area contributed by atoms with Crippen LogP contribution in [-0.2, 0) is 12.0 Å². The number of hydrogen-bond donors (Lipinski definition) is 4. The molecule has 194 valence electrons. The summed E-state index contributed by atoms with van der Waals surface area (Å²) in [4.78, 5) is 30.0. The summed E-state index contributed by atoms with van der Waals surface area (Å²) < 4.78 is 30.8. The van der Waals surface area contributed by atoms with Crippen LogP contribution in [-0.4, -0.2) is 44.5 Å². The third-order valence-corrected chi connectivity index (χ3v) is 6.70. The molecule has 0 unspecified atom stereocenters. The van der Waals surface area contributed by atoms with Crippen molar-refractivity contribution in [1.29, 1.82) is 0 Å². The Morgan fingerprint density at radius 2 is 1.84 bits per heavy atom. The number of urea groups is 1. The quantitative estimate of drug-likeness (QED) is 0.295. The molecule has 1 aromatic carbocycles. The maximum atomic E-state index is 14.9. The summed E-state index contributed by atoms with van der Waals surface area (Å²) in [6, 6.07) is 3.90. The summed E-state index contributed by atoms with van der Waals surface area (Å²) in [5.74, 6) is -1.52. The Morgan fingerprint density at radius 1 is 1.08 bits per heavy atom. The molecule has 0 aliphatic carbocycles. The van der Waals surface area contributed by atoms with Gasteiger partial charge in [-0.15, -0.1) is 10.2 Å². The Morgan fingerprint density at radius 3 is 2.49 bits per heavy atom. The predicted octanol–water partition coefficient (Wildman–Crippen LogP) is 4.17. The van der Waals surface area contributed by atoms with Gasteiger partial charge in [0.2, 0.25) is 5.13 Å². The van der Waals surface area contributed by atoms with Gasteiger partial charge in [-0.05, 0) is 12.1 Å². The van der Waals surface area contributed by atoms with Crippen LogP contribution in [0.5, 0.6) is 0 Å². The number of amides is 2. The summed E-state index contributed by atoms with van der Waals surface area (Å²) in [5.41, 5.74) is -1.03. The number of halogens is 2. The van der Waals surface area contributed by atoms with Gasteiger partial charge in [0.25, 0.3) is 5.56 Å². The molecule has 0 saturated heterocycles. The molecule has 0 bridgehead atoms. The molecule has 4 N–H and O–H groups in total. The molecule has 4 rings (SSSR count). The number of rotatable bonds is 6. The molecule has 0 aliphatic rings. The summed E-state index contributed by atoms with van der Waals surface area (Å²) in [6.07, 6.45) is 1.50. The number of nitrogens with one attached hydrogen (secondary N) is 3. The highest BCUT2D eigenvalue weighted by Crippen LogP contribution is 2.30. The van der Waals surface area contributed by atoms with Crippen molar-refractivity contribution in [2.45, 2.75) is 32.7 Å². The van der Waals surface area contributed by atoms with Crippen molar-refractivity contribution in [2.24, 2.45) is 0 Å². The molecule has 0 fully saturated rings. The van der Waals surface area contributed by atoms with E-state index in [0.29, 0.717) is 27.8 Å². The van der Waals surface area contributed by atoms with Crippen LogP contribution in [0, 0.1) is 11.6 Å². The van der Waals surface area contributed by atoms with Crippen molar-refractivity contribution in [1.82, 2.24) is 19.7 Å². The second-order valence-electron chi connectivity index (χ2n) is 9.17. The first-order valence-electron chi connectivity index (χ1n) is 11.3. The molecule has 4 aromatic rings. The van der Waals surface area contributed by atoms with E-state index in [4.69, 9.17) is 0 Å². The van der Waals surface area contributed by atoms with Crippen LogP contribution in [0.3, 0.4) is 0 Å². The van der Waals surface area contributed by atoms with E-state index in [-0.39, 0.29) is 40.5 Å². The average molecular weight is 530 g/mol. The molecule has 0 spiro atoms. The van der Waals surface area contributed by atoms with Crippen molar-refractivity contribution < 1.29 is 18.7 Å². The van der Waals surface area contributed by atoms with Gasteiger partial charge in [0.15, 0.2) is 0 Å². The number of carbonyl (C=O) groups excluding carboxylic acids is 1. The van der Waals surface area contributed by atoms with E-state index in [1.165, 1.54) is 28.2 Å². The Labute approximate surface area is 214 Å². The minimum absolute atomic E-state index is 0.0505. The molecule has 0 aliphatic heterocycles. The Balaban J connectivity index is 1.71. The van der Waals surface area contributed by atoms with Crippen LogP contribution in [0.2, 0.25) is 0 Å². The van der Waals surface area contributed by atoms with Crippen molar-refractivity contribution in [3.63, 3.8) is 0 Å². The zero-order valence-electron chi connectivity index (χ0n) is 20.5. The lowest BCUT2D eigenvalue weighted by Gasteiger charge is -2.15. The molecular weight excluding hydrogens is 504 g/mol. The van der Waals surface area contributed by atoms with E-state index in [9.17, 15) is 23.5 Å². The minimum atomic E-state index is -1.03. The summed E-state index contributed by atoms with van der Waals surface area (Å²) >= 11 is 1.17. The molecule has 0 saturated carbocycles. The monoisotopic (exact) mass is 529 g/mol. The van der Waals surface area contributed by atoms with Crippen molar-refractivity contribution >= 4 is 44.9 Å². The lowest BCUT2D eigenvalue weighted by Crippen LogP contribution is -2.24. The summed E-state index contributed by atoms with van der Waals surface area (Å²) in [6.45, 7) is 5.46. The maximum absolute atomic E-state index is 14.9. The molecule has 10 nitrogen and oxygen atoms in total. The molecule has 37 heavy (non-hydrogen) atoms. The summed E-state index contributed by atoms with van der Waals surface area (Å²) in [5, 5.41) is 26.6. The predicted molar refractivity (Wildman–Crippen MR) is 139 cm³/mol. The van der Waals surface area contributed by atoms with Crippen molar-refractivity contribution in [3.8, 4) is 11.1 Å². The van der Waals surface area contributed by atoms with Crippen molar-refractivity contribution in [2.75, 3.05) is 29.6 Å². The maximum Gasteiger partial charge on any atom is 0.325 e. The number of nitrogens with zero attached hydrogens (tertiary/aromatic N) is 4. The molecule has 2 amide bonds. The van der Waals surface area contributed by atoms with Crippen molar-refractivity contribution in [3.05, 3.63) is 57.5 Å². The normalized spacial score (nSPS) is 11.5. The number of aromatic nitrogens is 4. The third-order valence-electron chi connectivity index (χ3n) is 5.44. The Kier molecular flexibility index (Phi) is 7.18. The van der Waals surface area contributed by atoms with Crippen LogP contribution < -0.4 is 21.5 Å². The van der Waals surface area contributed by atoms with E-state index in [1.54, 1.807) is 13.1 Å². The average Bonchev–Trinajstić information content (AvgIpc) is 3.31. The topological polar surface area (TPSA) is 134 Å². The molecule has 3 heterocycles. The molecule has 0 atom stereocenters. The van der Waals surface area contributed by atoms with Crippen LogP contribution in [0.15, 0.2) is 35.3 Å². The van der Waals surface area contributed by atoms with Crippen LogP contribution in [0.1, 0.15) is 25.8 Å². The second-order valence-corrected chi connectivity index (χ2v) is 10.1. The number of aliphatic hydroxyl groups is 1. The number of hydrogen-bond acceptors (Lipinski definition) is 8. The van der Waals surface area contributed by atoms with Gasteiger partial charge in [0.1, 0.15) is 22.5 Å². The van der Waals surface area contributed by atoms with Gasteiger partial charge in [0.05, 0.1) is 23.4 Å². The molecule has 13 heteroatoms. The van der Waals surface area contributed by atoms with E-state index < -0.39 is 23.2 Å². The minimum Gasteiger partial charge on any atom is -0.395 e. The fourth-order valence-electron chi connectivity index (χ4n) is 3.60.